The predicted octanol–water partition coefficient (Wildman–Crippen LogP) is 4.70. The van der Waals surface area contributed by atoms with Gasteiger partial charge in [-0.15, -0.1) is 0 Å². The van der Waals surface area contributed by atoms with E-state index in [-0.39, 0.29) is 6.04 Å². The summed E-state index contributed by atoms with van der Waals surface area (Å²) in [5, 5.41) is 4.20. The molecule has 1 aromatic carbocycles. The Kier molecular flexibility index (Phi) is 4.49. The Labute approximate surface area is 120 Å². The molecule has 1 atom stereocenters. The zero-order valence-corrected chi connectivity index (χ0v) is 12.7. The van der Waals surface area contributed by atoms with Crippen LogP contribution in [-0.4, -0.2) is 6.54 Å². The Hall–Kier alpha value is -0.770. The van der Waals surface area contributed by atoms with Gasteiger partial charge in [0, 0.05) is 5.02 Å². The molecule has 0 radical (unpaired) electrons. The van der Waals surface area contributed by atoms with E-state index in [1.165, 1.54) is 0 Å². The van der Waals surface area contributed by atoms with E-state index in [0.29, 0.717) is 0 Å². The van der Waals surface area contributed by atoms with Crippen LogP contribution < -0.4 is 5.32 Å². The van der Waals surface area contributed by atoms with E-state index >= 15 is 0 Å². The summed E-state index contributed by atoms with van der Waals surface area (Å²) in [5.41, 5.74) is 2.23. The number of halogens is 2. The number of nitrogens with one attached hydrogen (secondary N) is 1. The van der Waals surface area contributed by atoms with Crippen LogP contribution in [0.4, 0.5) is 0 Å². The van der Waals surface area contributed by atoms with Gasteiger partial charge in [-0.2, -0.15) is 0 Å². The van der Waals surface area contributed by atoms with Crippen molar-refractivity contribution in [1.29, 1.82) is 0 Å². The van der Waals surface area contributed by atoms with Crippen LogP contribution in [0.2, 0.25) is 5.02 Å². The normalized spacial score (nSPS) is 12.7. The molecule has 0 saturated heterocycles. The summed E-state index contributed by atoms with van der Waals surface area (Å²) in [6, 6.07) is 9.84. The molecule has 0 aliphatic carbocycles. The Morgan fingerprint density at radius 3 is 2.72 bits per heavy atom. The van der Waals surface area contributed by atoms with Crippen molar-refractivity contribution in [3.63, 3.8) is 0 Å². The van der Waals surface area contributed by atoms with Crippen LogP contribution in [0, 0.1) is 6.92 Å². The summed E-state index contributed by atoms with van der Waals surface area (Å²) < 4.78 is 6.39. The lowest BCUT2D eigenvalue weighted by Crippen LogP contribution is -2.22. The molecule has 0 bridgehead atoms. The van der Waals surface area contributed by atoms with Gasteiger partial charge in [-0.05, 0) is 58.7 Å². The zero-order valence-electron chi connectivity index (χ0n) is 10.3. The van der Waals surface area contributed by atoms with Crippen molar-refractivity contribution in [2.24, 2.45) is 0 Å². The average Bonchev–Trinajstić information content (AvgIpc) is 2.77. The van der Waals surface area contributed by atoms with Gasteiger partial charge < -0.3 is 9.73 Å². The fourth-order valence-electron chi connectivity index (χ4n) is 1.99. The second-order valence-electron chi connectivity index (χ2n) is 4.09. The van der Waals surface area contributed by atoms with Crippen molar-refractivity contribution in [2.75, 3.05) is 6.54 Å². The van der Waals surface area contributed by atoms with E-state index in [0.717, 1.165) is 33.1 Å². The van der Waals surface area contributed by atoms with Gasteiger partial charge >= 0.3 is 0 Å². The molecule has 96 valence electrons. The summed E-state index contributed by atoms with van der Waals surface area (Å²) in [6.45, 7) is 4.96. The third-order valence-corrected chi connectivity index (χ3v) is 3.74. The lowest BCUT2D eigenvalue weighted by atomic mass is 9.99. The quantitative estimate of drug-likeness (QED) is 0.880. The highest BCUT2D eigenvalue weighted by molar-refractivity contribution is 9.10. The first-order valence-corrected chi connectivity index (χ1v) is 7.04. The van der Waals surface area contributed by atoms with Crippen LogP contribution in [0.1, 0.15) is 29.9 Å². The first-order valence-electron chi connectivity index (χ1n) is 5.87. The van der Waals surface area contributed by atoms with E-state index < -0.39 is 0 Å². The smallest absolute Gasteiger partial charge is 0.169 e. The van der Waals surface area contributed by atoms with Crippen molar-refractivity contribution in [1.82, 2.24) is 5.32 Å². The zero-order chi connectivity index (χ0) is 13.1. The molecule has 1 heterocycles. The molecule has 2 aromatic rings. The molecule has 0 aliphatic rings. The maximum atomic E-state index is 6.18. The molecule has 0 amide bonds. The largest absolute Gasteiger partial charge is 0.452 e. The molecule has 0 fully saturated rings. The Balaban J connectivity index is 2.44. The highest BCUT2D eigenvalue weighted by Crippen LogP contribution is 2.30. The van der Waals surface area contributed by atoms with Gasteiger partial charge in [0.25, 0.3) is 0 Å². The van der Waals surface area contributed by atoms with Crippen molar-refractivity contribution < 1.29 is 4.42 Å². The molecule has 0 aliphatic heterocycles. The number of rotatable bonds is 4. The van der Waals surface area contributed by atoms with Crippen LogP contribution in [-0.2, 0) is 0 Å². The molecule has 1 N–H and O–H groups in total. The third kappa shape index (κ3) is 2.79. The molecule has 2 nitrogen and oxygen atoms in total. The number of benzene rings is 1. The van der Waals surface area contributed by atoms with Gasteiger partial charge in [0.15, 0.2) is 4.67 Å². The van der Waals surface area contributed by atoms with Gasteiger partial charge in [-0.3, -0.25) is 0 Å². The fourth-order valence-corrected chi connectivity index (χ4v) is 2.49. The molecular formula is C14H15BrClNO. The third-order valence-electron chi connectivity index (χ3n) is 2.91. The minimum Gasteiger partial charge on any atom is -0.452 e. The van der Waals surface area contributed by atoms with Gasteiger partial charge in [-0.25, -0.2) is 0 Å². The monoisotopic (exact) mass is 327 g/mol. The minimum atomic E-state index is 0.0278. The SMILES string of the molecule is CCNC(c1ccc(Br)o1)c1cccc(Cl)c1C. The second kappa shape index (κ2) is 5.91. The summed E-state index contributed by atoms with van der Waals surface area (Å²) in [5.74, 6) is 0.883. The maximum Gasteiger partial charge on any atom is 0.169 e. The summed E-state index contributed by atoms with van der Waals surface area (Å²) in [4.78, 5) is 0. The van der Waals surface area contributed by atoms with Crippen molar-refractivity contribution in [3.8, 4) is 0 Å². The Morgan fingerprint density at radius 2 is 2.11 bits per heavy atom. The molecular weight excluding hydrogens is 314 g/mol. The topological polar surface area (TPSA) is 25.2 Å². The molecule has 18 heavy (non-hydrogen) atoms. The molecule has 1 unspecified atom stereocenters. The van der Waals surface area contributed by atoms with E-state index in [4.69, 9.17) is 16.0 Å². The van der Waals surface area contributed by atoms with E-state index in [1.807, 2.05) is 31.2 Å². The van der Waals surface area contributed by atoms with Crippen LogP contribution in [0.5, 0.6) is 0 Å². The van der Waals surface area contributed by atoms with Crippen LogP contribution in [0.3, 0.4) is 0 Å². The minimum absolute atomic E-state index is 0.0278. The van der Waals surface area contributed by atoms with Gasteiger partial charge in [0.2, 0.25) is 0 Å². The van der Waals surface area contributed by atoms with Gasteiger partial charge in [-0.1, -0.05) is 30.7 Å². The lowest BCUT2D eigenvalue weighted by Gasteiger charge is -2.18. The Bertz CT molecular complexity index is 538. The number of hydrogen-bond acceptors (Lipinski definition) is 2. The van der Waals surface area contributed by atoms with Crippen LogP contribution in [0.15, 0.2) is 39.4 Å². The maximum absolute atomic E-state index is 6.18. The first-order chi connectivity index (χ1) is 8.63. The molecule has 2 rings (SSSR count). The average molecular weight is 329 g/mol. The highest BCUT2D eigenvalue weighted by Gasteiger charge is 2.19. The van der Waals surface area contributed by atoms with E-state index in [1.54, 1.807) is 0 Å². The molecule has 4 heteroatoms. The fraction of sp³-hybridized carbons (Fsp3) is 0.286. The Morgan fingerprint density at radius 1 is 1.33 bits per heavy atom. The van der Waals surface area contributed by atoms with Gasteiger partial charge in [0.05, 0.1) is 6.04 Å². The van der Waals surface area contributed by atoms with Crippen LogP contribution >= 0.6 is 27.5 Å². The number of furan rings is 1. The summed E-state index contributed by atoms with van der Waals surface area (Å²) in [6.07, 6.45) is 0. The van der Waals surface area contributed by atoms with Crippen molar-refractivity contribution >= 4 is 27.5 Å². The van der Waals surface area contributed by atoms with E-state index in [2.05, 4.69) is 34.2 Å². The van der Waals surface area contributed by atoms with Gasteiger partial charge in [0.1, 0.15) is 5.76 Å². The number of hydrogen-bond donors (Lipinski definition) is 1. The standard InChI is InChI=1S/C14H15BrClNO/c1-3-17-14(12-7-8-13(15)18-12)10-5-4-6-11(16)9(10)2/h4-8,14,17H,3H2,1-2H3. The first kappa shape index (κ1) is 13.7. The lowest BCUT2D eigenvalue weighted by molar-refractivity contribution is 0.437. The summed E-state index contributed by atoms with van der Waals surface area (Å²) >= 11 is 9.52. The molecule has 1 aromatic heterocycles. The highest BCUT2D eigenvalue weighted by atomic mass is 79.9. The second-order valence-corrected chi connectivity index (χ2v) is 5.28. The van der Waals surface area contributed by atoms with Crippen LogP contribution in [0.25, 0.3) is 0 Å². The predicted molar refractivity (Wildman–Crippen MR) is 78.1 cm³/mol. The van der Waals surface area contributed by atoms with E-state index in [9.17, 15) is 0 Å². The molecule has 0 spiro atoms. The summed E-state index contributed by atoms with van der Waals surface area (Å²) in [7, 11) is 0. The van der Waals surface area contributed by atoms with Crippen molar-refractivity contribution in [3.05, 3.63) is 56.9 Å². The van der Waals surface area contributed by atoms with Crippen molar-refractivity contribution in [2.45, 2.75) is 19.9 Å². The molecule has 0 saturated carbocycles.